The maximum Gasteiger partial charge on any atom is 0.255 e. The van der Waals surface area contributed by atoms with E-state index in [0.29, 0.717) is 16.8 Å². The summed E-state index contributed by atoms with van der Waals surface area (Å²) < 4.78 is 1.69. The Labute approximate surface area is 118 Å². The summed E-state index contributed by atoms with van der Waals surface area (Å²) >= 11 is 6.13. The lowest BCUT2D eigenvalue weighted by Gasteiger charge is -2.30. The van der Waals surface area contributed by atoms with E-state index < -0.39 is 0 Å². The van der Waals surface area contributed by atoms with Crippen LogP contribution in [0.5, 0.6) is 0 Å². The Morgan fingerprint density at radius 2 is 2.11 bits per heavy atom. The monoisotopic (exact) mass is 281 g/mol. The number of hydrogen-bond donors (Lipinski definition) is 1. The minimum atomic E-state index is 0.176. The number of fused-ring (bicyclic) bond motifs is 1. The summed E-state index contributed by atoms with van der Waals surface area (Å²) in [6, 6.07) is 0. The minimum absolute atomic E-state index is 0.176. The van der Waals surface area contributed by atoms with Crippen molar-refractivity contribution in [1.29, 1.82) is 0 Å². The first-order valence-electron chi connectivity index (χ1n) is 6.42. The van der Waals surface area contributed by atoms with Crippen LogP contribution in [-0.4, -0.2) is 26.1 Å². The SMILES string of the molecule is Cc1c(Cl)nc2ncnn2c1NCC(C)(C)C(C)C. The summed E-state index contributed by atoms with van der Waals surface area (Å²) in [6.45, 7) is 11.7. The second-order valence-corrected chi connectivity index (χ2v) is 6.20. The van der Waals surface area contributed by atoms with Gasteiger partial charge in [-0.3, -0.25) is 0 Å². The zero-order valence-corrected chi connectivity index (χ0v) is 12.8. The zero-order valence-electron chi connectivity index (χ0n) is 12.0. The van der Waals surface area contributed by atoms with E-state index in [-0.39, 0.29) is 5.41 Å². The Morgan fingerprint density at radius 3 is 2.74 bits per heavy atom. The fourth-order valence-corrected chi connectivity index (χ4v) is 1.79. The molecule has 0 aliphatic heterocycles. The molecule has 0 bridgehead atoms. The lowest BCUT2D eigenvalue weighted by Crippen LogP contribution is -2.29. The second kappa shape index (κ2) is 4.96. The molecule has 104 valence electrons. The van der Waals surface area contributed by atoms with E-state index in [2.05, 4.69) is 48.1 Å². The van der Waals surface area contributed by atoms with Crippen molar-refractivity contribution >= 4 is 23.2 Å². The lowest BCUT2D eigenvalue weighted by molar-refractivity contribution is 0.269. The van der Waals surface area contributed by atoms with Gasteiger partial charge in [-0.05, 0) is 18.3 Å². The Hall–Kier alpha value is -1.36. The highest BCUT2D eigenvalue weighted by Crippen LogP contribution is 2.28. The van der Waals surface area contributed by atoms with E-state index in [9.17, 15) is 0 Å². The molecule has 0 spiro atoms. The van der Waals surface area contributed by atoms with Gasteiger partial charge in [-0.25, -0.2) is 0 Å². The number of aromatic nitrogens is 4. The molecule has 0 radical (unpaired) electrons. The largest absolute Gasteiger partial charge is 0.369 e. The van der Waals surface area contributed by atoms with E-state index in [0.717, 1.165) is 17.9 Å². The first kappa shape index (κ1) is 14.1. The smallest absolute Gasteiger partial charge is 0.255 e. The molecule has 2 heterocycles. The highest BCUT2D eigenvalue weighted by molar-refractivity contribution is 6.30. The topological polar surface area (TPSA) is 55.1 Å². The first-order valence-corrected chi connectivity index (χ1v) is 6.80. The summed E-state index contributed by atoms with van der Waals surface area (Å²) in [5, 5.41) is 8.09. The highest BCUT2D eigenvalue weighted by atomic mass is 35.5. The summed E-state index contributed by atoms with van der Waals surface area (Å²) in [5.74, 6) is 1.95. The molecule has 1 N–H and O–H groups in total. The number of halogens is 1. The molecule has 2 aromatic rings. The van der Waals surface area contributed by atoms with Crippen molar-refractivity contribution in [1.82, 2.24) is 19.6 Å². The van der Waals surface area contributed by atoms with Gasteiger partial charge in [-0.2, -0.15) is 19.6 Å². The van der Waals surface area contributed by atoms with Crippen molar-refractivity contribution in [2.45, 2.75) is 34.6 Å². The molecule has 0 saturated heterocycles. The molecule has 2 aromatic heterocycles. The minimum Gasteiger partial charge on any atom is -0.369 e. The predicted octanol–water partition coefficient (Wildman–Crippen LogP) is 3.18. The summed E-state index contributed by atoms with van der Waals surface area (Å²) in [7, 11) is 0. The fourth-order valence-electron chi connectivity index (χ4n) is 1.62. The lowest BCUT2D eigenvalue weighted by atomic mass is 9.81. The Bertz CT molecular complexity index is 588. The number of nitrogens with zero attached hydrogens (tertiary/aromatic N) is 4. The molecule has 0 amide bonds. The van der Waals surface area contributed by atoms with E-state index in [4.69, 9.17) is 11.6 Å². The van der Waals surface area contributed by atoms with Gasteiger partial charge in [0.25, 0.3) is 5.78 Å². The fraction of sp³-hybridized carbons (Fsp3) is 0.615. The quantitative estimate of drug-likeness (QED) is 0.875. The Kier molecular flexibility index (Phi) is 3.67. The van der Waals surface area contributed by atoms with Gasteiger partial charge >= 0.3 is 0 Å². The van der Waals surface area contributed by atoms with Crippen molar-refractivity contribution < 1.29 is 0 Å². The third-order valence-electron chi connectivity index (χ3n) is 3.88. The molecule has 0 aromatic carbocycles. The van der Waals surface area contributed by atoms with Gasteiger partial charge in [0, 0.05) is 12.1 Å². The molecule has 0 saturated carbocycles. The van der Waals surface area contributed by atoms with Gasteiger partial charge < -0.3 is 5.32 Å². The van der Waals surface area contributed by atoms with Crippen LogP contribution in [-0.2, 0) is 0 Å². The van der Waals surface area contributed by atoms with Crippen LogP contribution in [0.15, 0.2) is 6.33 Å². The van der Waals surface area contributed by atoms with Crippen LogP contribution in [0.1, 0.15) is 33.3 Å². The number of rotatable bonds is 4. The second-order valence-electron chi connectivity index (χ2n) is 5.84. The zero-order chi connectivity index (χ0) is 14.2. The summed E-state index contributed by atoms with van der Waals surface area (Å²) in [4.78, 5) is 8.27. The van der Waals surface area contributed by atoms with E-state index in [1.807, 2.05) is 6.92 Å². The van der Waals surface area contributed by atoms with Crippen molar-refractivity contribution in [3.05, 3.63) is 17.0 Å². The van der Waals surface area contributed by atoms with Crippen molar-refractivity contribution in [3.63, 3.8) is 0 Å². The first-order chi connectivity index (χ1) is 8.83. The van der Waals surface area contributed by atoms with Gasteiger partial charge in [-0.1, -0.05) is 39.3 Å². The molecule has 0 atom stereocenters. The molecular weight excluding hydrogens is 262 g/mol. The van der Waals surface area contributed by atoms with Crippen molar-refractivity contribution in [2.75, 3.05) is 11.9 Å². The number of nitrogens with one attached hydrogen (secondary N) is 1. The van der Waals surface area contributed by atoms with Crippen LogP contribution in [0.2, 0.25) is 5.15 Å². The third kappa shape index (κ3) is 2.66. The number of anilines is 1. The molecule has 5 nitrogen and oxygen atoms in total. The molecule has 0 unspecified atom stereocenters. The van der Waals surface area contributed by atoms with Crippen LogP contribution in [0, 0.1) is 18.3 Å². The van der Waals surface area contributed by atoms with E-state index in [1.54, 1.807) is 4.52 Å². The Balaban J connectivity index is 2.35. The van der Waals surface area contributed by atoms with Crippen molar-refractivity contribution in [3.8, 4) is 0 Å². The Morgan fingerprint density at radius 1 is 1.42 bits per heavy atom. The predicted molar refractivity (Wildman–Crippen MR) is 77.6 cm³/mol. The molecule has 0 fully saturated rings. The average molecular weight is 282 g/mol. The third-order valence-corrected chi connectivity index (χ3v) is 4.25. The van der Waals surface area contributed by atoms with E-state index >= 15 is 0 Å². The van der Waals surface area contributed by atoms with Gasteiger partial charge in [0.15, 0.2) is 0 Å². The van der Waals surface area contributed by atoms with E-state index in [1.165, 1.54) is 6.33 Å². The average Bonchev–Trinajstić information content (AvgIpc) is 2.77. The molecule has 2 rings (SSSR count). The van der Waals surface area contributed by atoms with Crippen LogP contribution in [0.25, 0.3) is 5.78 Å². The van der Waals surface area contributed by atoms with Crippen LogP contribution in [0.3, 0.4) is 0 Å². The van der Waals surface area contributed by atoms with Gasteiger partial charge in [0.1, 0.15) is 17.3 Å². The summed E-state index contributed by atoms with van der Waals surface area (Å²) in [6.07, 6.45) is 1.48. The van der Waals surface area contributed by atoms with Gasteiger partial charge in [-0.15, -0.1) is 0 Å². The molecule has 6 heteroatoms. The van der Waals surface area contributed by atoms with Crippen LogP contribution < -0.4 is 5.32 Å². The van der Waals surface area contributed by atoms with Gasteiger partial charge in [0.05, 0.1) is 0 Å². The number of hydrogen-bond acceptors (Lipinski definition) is 4. The molecular formula is C13H20ClN5. The standard InChI is InChI=1S/C13H20ClN5/c1-8(2)13(4,5)6-15-11-9(3)10(14)18-12-16-7-17-19(11)12/h7-8,15H,6H2,1-5H3. The maximum absolute atomic E-state index is 6.13. The molecule has 19 heavy (non-hydrogen) atoms. The van der Waals surface area contributed by atoms with Crippen LogP contribution in [0.4, 0.5) is 5.82 Å². The normalized spacial score (nSPS) is 12.4. The van der Waals surface area contributed by atoms with Crippen molar-refractivity contribution in [2.24, 2.45) is 11.3 Å². The highest BCUT2D eigenvalue weighted by Gasteiger charge is 2.23. The maximum atomic E-state index is 6.13. The summed E-state index contributed by atoms with van der Waals surface area (Å²) in [5.41, 5.74) is 1.06. The van der Waals surface area contributed by atoms with Gasteiger partial charge in [0.2, 0.25) is 0 Å². The van der Waals surface area contributed by atoms with Crippen LogP contribution >= 0.6 is 11.6 Å². The molecule has 0 aliphatic rings. The molecule has 0 aliphatic carbocycles.